The largest absolute Gasteiger partial charge is 0.433 e. The van der Waals surface area contributed by atoms with E-state index >= 15 is 0 Å². The van der Waals surface area contributed by atoms with Gasteiger partial charge in [0.15, 0.2) is 0 Å². The highest BCUT2D eigenvalue weighted by atomic mass is 32.2. The first-order chi connectivity index (χ1) is 10.3. The molecule has 0 spiro atoms. The van der Waals surface area contributed by atoms with Gasteiger partial charge >= 0.3 is 6.18 Å². The second kappa shape index (κ2) is 6.41. The Balaban J connectivity index is 2.31. The maximum atomic E-state index is 12.8. The molecule has 22 heavy (non-hydrogen) atoms. The average Bonchev–Trinajstić information content (AvgIpc) is 2.45. The lowest BCUT2D eigenvalue weighted by atomic mass is 10.1. The van der Waals surface area contributed by atoms with Crippen LogP contribution < -0.4 is 0 Å². The van der Waals surface area contributed by atoms with Crippen molar-refractivity contribution in [3.63, 3.8) is 0 Å². The molecule has 0 saturated heterocycles. The van der Waals surface area contributed by atoms with Crippen molar-refractivity contribution >= 4 is 11.8 Å². The van der Waals surface area contributed by atoms with E-state index in [0.29, 0.717) is 5.75 Å². The van der Waals surface area contributed by atoms with E-state index in [9.17, 15) is 13.2 Å². The number of pyridine rings is 1. The average molecular weight is 322 g/mol. The van der Waals surface area contributed by atoms with Gasteiger partial charge in [-0.3, -0.25) is 0 Å². The number of nitrogens with zero attached hydrogens (tertiary/aromatic N) is 2. The summed E-state index contributed by atoms with van der Waals surface area (Å²) in [6, 6.07) is 10.5. The minimum Gasteiger partial charge on any atom is -0.236 e. The number of benzene rings is 1. The summed E-state index contributed by atoms with van der Waals surface area (Å²) in [7, 11) is 0. The Hall–Kier alpha value is -2.00. The molecule has 0 fully saturated rings. The minimum atomic E-state index is -4.52. The molecule has 114 valence electrons. The summed E-state index contributed by atoms with van der Waals surface area (Å²) in [5.74, 6) is 0.461. The van der Waals surface area contributed by atoms with E-state index in [1.165, 1.54) is 6.92 Å². The fraction of sp³-hybridized carbons (Fsp3) is 0.250. The van der Waals surface area contributed by atoms with Gasteiger partial charge in [0, 0.05) is 5.75 Å². The molecule has 0 radical (unpaired) electrons. The van der Waals surface area contributed by atoms with Gasteiger partial charge in [0.2, 0.25) is 0 Å². The molecule has 2 nitrogen and oxygen atoms in total. The fourth-order valence-electron chi connectivity index (χ4n) is 1.87. The lowest BCUT2D eigenvalue weighted by Crippen LogP contribution is -2.10. The number of hydrogen-bond acceptors (Lipinski definition) is 3. The van der Waals surface area contributed by atoms with Gasteiger partial charge < -0.3 is 0 Å². The number of thioether (sulfide) groups is 1. The van der Waals surface area contributed by atoms with Crippen molar-refractivity contribution in [2.45, 2.75) is 30.8 Å². The lowest BCUT2D eigenvalue weighted by Gasteiger charge is -2.11. The molecule has 6 heteroatoms. The molecule has 0 bridgehead atoms. The van der Waals surface area contributed by atoms with Crippen molar-refractivity contribution in [1.82, 2.24) is 4.98 Å². The number of hydrogen-bond donors (Lipinski definition) is 0. The number of aryl methyl sites for hydroxylation is 2. The third-order valence-corrected chi connectivity index (χ3v) is 4.13. The van der Waals surface area contributed by atoms with Crippen LogP contribution in [0.1, 0.15) is 27.9 Å². The van der Waals surface area contributed by atoms with Gasteiger partial charge in [-0.2, -0.15) is 18.4 Å². The van der Waals surface area contributed by atoms with Gasteiger partial charge in [0.25, 0.3) is 0 Å². The van der Waals surface area contributed by atoms with Crippen LogP contribution in [0.25, 0.3) is 0 Å². The number of rotatable bonds is 3. The van der Waals surface area contributed by atoms with Crippen LogP contribution in [0.2, 0.25) is 0 Å². The Bertz CT molecular complexity index is 716. The highest BCUT2D eigenvalue weighted by molar-refractivity contribution is 7.98. The first-order valence-electron chi connectivity index (χ1n) is 6.48. The van der Waals surface area contributed by atoms with Gasteiger partial charge in [-0.15, -0.1) is 11.8 Å². The summed E-state index contributed by atoms with van der Waals surface area (Å²) < 4.78 is 38.5. The summed E-state index contributed by atoms with van der Waals surface area (Å²) >= 11 is 1.14. The molecular weight excluding hydrogens is 309 g/mol. The van der Waals surface area contributed by atoms with Gasteiger partial charge in [-0.1, -0.05) is 29.8 Å². The normalized spacial score (nSPS) is 11.3. The molecule has 0 aliphatic heterocycles. The molecular formula is C16H13F3N2S. The Morgan fingerprint density at radius 2 is 1.82 bits per heavy atom. The van der Waals surface area contributed by atoms with Gasteiger partial charge in [-0.25, -0.2) is 4.98 Å². The highest BCUT2D eigenvalue weighted by Crippen LogP contribution is 2.33. The van der Waals surface area contributed by atoms with E-state index in [1.807, 2.05) is 37.3 Å². The molecule has 0 atom stereocenters. The van der Waals surface area contributed by atoms with Crippen LogP contribution in [0.5, 0.6) is 0 Å². The summed E-state index contributed by atoms with van der Waals surface area (Å²) in [4.78, 5) is 3.62. The number of alkyl halides is 3. The fourth-order valence-corrected chi connectivity index (χ4v) is 2.87. The summed E-state index contributed by atoms with van der Waals surface area (Å²) in [5.41, 5.74) is 1.60. The van der Waals surface area contributed by atoms with Crippen LogP contribution in [0.4, 0.5) is 13.2 Å². The molecule has 1 aromatic heterocycles. The van der Waals surface area contributed by atoms with Gasteiger partial charge in [0.05, 0.1) is 5.56 Å². The minimum absolute atomic E-state index is 0.121. The quantitative estimate of drug-likeness (QED) is 0.756. The first-order valence-corrected chi connectivity index (χ1v) is 7.47. The van der Waals surface area contributed by atoms with Crippen molar-refractivity contribution in [2.75, 3.05) is 0 Å². The first kappa shape index (κ1) is 16.4. The Morgan fingerprint density at radius 3 is 2.36 bits per heavy atom. The maximum absolute atomic E-state index is 12.8. The van der Waals surface area contributed by atoms with Gasteiger partial charge in [-0.05, 0) is 31.0 Å². The standard InChI is InChI=1S/C16H13F3N2S/c1-10-3-5-12(6-4-10)9-22-15-13(8-20)11(2)7-14(21-15)16(17,18)19/h3-7H,9H2,1-2H3. The predicted molar refractivity (Wildman–Crippen MR) is 79.4 cm³/mol. The molecule has 0 unspecified atom stereocenters. The van der Waals surface area contributed by atoms with E-state index in [2.05, 4.69) is 4.98 Å². The molecule has 0 N–H and O–H groups in total. The molecule has 2 aromatic rings. The zero-order valence-electron chi connectivity index (χ0n) is 12.0. The van der Waals surface area contributed by atoms with Gasteiger partial charge in [0.1, 0.15) is 16.8 Å². The Labute approximate surface area is 131 Å². The zero-order chi connectivity index (χ0) is 16.3. The Morgan fingerprint density at radius 1 is 1.18 bits per heavy atom. The second-order valence-electron chi connectivity index (χ2n) is 4.89. The van der Waals surface area contributed by atoms with Crippen molar-refractivity contribution < 1.29 is 13.2 Å². The second-order valence-corrected chi connectivity index (χ2v) is 5.85. The monoisotopic (exact) mass is 322 g/mol. The van der Waals surface area contributed by atoms with Crippen molar-refractivity contribution in [1.29, 1.82) is 5.26 Å². The predicted octanol–water partition coefficient (Wildman–Crippen LogP) is 4.88. The van der Waals surface area contributed by atoms with Crippen LogP contribution >= 0.6 is 11.8 Å². The zero-order valence-corrected chi connectivity index (χ0v) is 12.8. The van der Waals surface area contributed by atoms with E-state index < -0.39 is 11.9 Å². The Kier molecular flexibility index (Phi) is 4.77. The van der Waals surface area contributed by atoms with E-state index in [0.717, 1.165) is 29.0 Å². The molecule has 0 aliphatic rings. The third kappa shape index (κ3) is 3.80. The van der Waals surface area contributed by atoms with Crippen molar-refractivity contribution in [3.8, 4) is 6.07 Å². The smallest absolute Gasteiger partial charge is 0.236 e. The number of aromatic nitrogens is 1. The molecule has 0 aliphatic carbocycles. The summed E-state index contributed by atoms with van der Waals surface area (Å²) in [5, 5.41) is 9.26. The van der Waals surface area contributed by atoms with E-state index in [4.69, 9.17) is 5.26 Å². The van der Waals surface area contributed by atoms with Crippen LogP contribution in [-0.4, -0.2) is 4.98 Å². The van der Waals surface area contributed by atoms with Crippen molar-refractivity contribution in [2.24, 2.45) is 0 Å². The maximum Gasteiger partial charge on any atom is 0.433 e. The highest BCUT2D eigenvalue weighted by Gasteiger charge is 2.33. The van der Waals surface area contributed by atoms with E-state index in [-0.39, 0.29) is 16.2 Å². The van der Waals surface area contributed by atoms with E-state index in [1.54, 1.807) is 0 Å². The van der Waals surface area contributed by atoms with Crippen LogP contribution in [0.3, 0.4) is 0 Å². The molecule has 1 heterocycles. The summed E-state index contributed by atoms with van der Waals surface area (Å²) in [6.45, 7) is 3.45. The molecule has 0 saturated carbocycles. The third-order valence-electron chi connectivity index (χ3n) is 3.08. The van der Waals surface area contributed by atoms with Crippen LogP contribution in [-0.2, 0) is 11.9 Å². The van der Waals surface area contributed by atoms with Crippen LogP contribution in [0, 0.1) is 25.2 Å². The number of nitriles is 1. The topological polar surface area (TPSA) is 36.7 Å². The molecule has 1 aromatic carbocycles. The van der Waals surface area contributed by atoms with Crippen LogP contribution in [0.15, 0.2) is 35.4 Å². The van der Waals surface area contributed by atoms with Crippen molar-refractivity contribution in [3.05, 3.63) is 58.3 Å². The summed E-state index contributed by atoms with van der Waals surface area (Å²) in [6.07, 6.45) is -4.52. The molecule has 0 amide bonds. The lowest BCUT2D eigenvalue weighted by molar-refractivity contribution is -0.141. The molecule has 2 rings (SSSR count). The SMILES string of the molecule is Cc1ccc(CSc2nc(C(F)(F)F)cc(C)c2C#N)cc1. The number of halogens is 3.